The van der Waals surface area contributed by atoms with E-state index < -0.39 is 0 Å². The smallest absolute Gasteiger partial charge is 0.227 e. The van der Waals surface area contributed by atoms with Crippen molar-refractivity contribution >= 4 is 82.7 Å². The number of aromatic nitrogens is 2. The van der Waals surface area contributed by atoms with E-state index in [1.54, 1.807) is 0 Å². The molecule has 0 amide bonds. The summed E-state index contributed by atoms with van der Waals surface area (Å²) in [5.41, 5.74) is 10.9. The summed E-state index contributed by atoms with van der Waals surface area (Å²) in [7, 11) is 0. The first-order chi connectivity index (χ1) is 25.8. The summed E-state index contributed by atoms with van der Waals surface area (Å²) in [6.45, 7) is 0. The zero-order valence-corrected chi connectivity index (χ0v) is 27.9. The summed E-state index contributed by atoms with van der Waals surface area (Å²) >= 11 is 0. The molecule has 11 rings (SSSR count). The number of anilines is 3. The maximum atomic E-state index is 6.28. The average Bonchev–Trinajstić information content (AvgIpc) is 3.91. The number of rotatable bonds is 5. The molecule has 3 aromatic heterocycles. The molecule has 0 aliphatic carbocycles. The lowest BCUT2D eigenvalue weighted by Crippen LogP contribution is -2.10. The second kappa shape index (κ2) is 11.2. The van der Waals surface area contributed by atoms with Crippen molar-refractivity contribution < 1.29 is 8.83 Å². The lowest BCUT2D eigenvalue weighted by molar-refractivity contribution is 0.620. The van der Waals surface area contributed by atoms with Crippen molar-refractivity contribution in [3.8, 4) is 17.1 Å². The highest BCUT2D eigenvalue weighted by Gasteiger charge is 2.20. The first kappa shape index (κ1) is 28.7. The molecule has 0 aliphatic rings. The SMILES string of the molecule is c1ccc(-c2nc3c(ccc4c(N(c5ccc(-n6c7ccccc7c7ccccc76)cc5)c5ccc6oc7ccccc7c6c5)cccc43)o2)cc1. The molecule has 0 N–H and O–H groups in total. The van der Waals surface area contributed by atoms with E-state index >= 15 is 0 Å². The lowest BCUT2D eigenvalue weighted by Gasteiger charge is -2.27. The van der Waals surface area contributed by atoms with Gasteiger partial charge in [0, 0.05) is 54.9 Å². The molecule has 0 fully saturated rings. The van der Waals surface area contributed by atoms with Crippen molar-refractivity contribution in [1.82, 2.24) is 9.55 Å². The van der Waals surface area contributed by atoms with Crippen LogP contribution in [0.2, 0.25) is 0 Å². The largest absolute Gasteiger partial charge is 0.456 e. The van der Waals surface area contributed by atoms with E-state index in [4.69, 9.17) is 13.8 Å². The molecule has 0 atom stereocenters. The zero-order valence-electron chi connectivity index (χ0n) is 27.9. The van der Waals surface area contributed by atoms with Crippen molar-refractivity contribution in [3.05, 3.63) is 176 Å². The van der Waals surface area contributed by atoms with Crippen LogP contribution in [0.25, 0.3) is 82.8 Å². The van der Waals surface area contributed by atoms with Crippen LogP contribution in [0.1, 0.15) is 0 Å². The van der Waals surface area contributed by atoms with Crippen molar-refractivity contribution in [2.24, 2.45) is 0 Å². The predicted octanol–water partition coefficient (Wildman–Crippen LogP) is 13.1. The van der Waals surface area contributed by atoms with Crippen molar-refractivity contribution in [1.29, 1.82) is 0 Å². The number of para-hydroxylation sites is 3. The van der Waals surface area contributed by atoms with Gasteiger partial charge in [-0.25, -0.2) is 4.98 Å². The molecule has 244 valence electrons. The summed E-state index contributed by atoms with van der Waals surface area (Å²) in [4.78, 5) is 7.35. The van der Waals surface area contributed by atoms with E-state index in [2.05, 4.69) is 137 Å². The molecule has 0 spiro atoms. The van der Waals surface area contributed by atoms with Gasteiger partial charge in [0.2, 0.25) is 5.89 Å². The number of hydrogen-bond acceptors (Lipinski definition) is 4. The van der Waals surface area contributed by atoms with Crippen LogP contribution in [0.5, 0.6) is 0 Å². The van der Waals surface area contributed by atoms with Crippen LogP contribution in [-0.4, -0.2) is 9.55 Å². The average molecular weight is 668 g/mol. The fourth-order valence-corrected chi connectivity index (χ4v) is 7.86. The van der Waals surface area contributed by atoms with Gasteiger partial charge in [-0.05, 0) is 91.0 Å². The highest BCUT2D eigenvalue weighted by atomic mass is 16.3. The van der Waals surface area contributed by atoms with E-state index in [0.29, 0.717) is 5.89 Å². The van der Waals surface area contributed by atoms with Gasteiger partial charge in [0.05, 0.1) is 16.7 Å². The Bertz CT molecular complexity index is 3080. The molecule has 0 saturated carbocycles. The molecular formula is C47H29N3O2. The molecule has 0 saturated heterocycles. The summed E-state index contributed by atoms with van der Waals surface area (Å²) in [5, 5.41) is 6.77. The third kappa shape index (κ3) is 4.33. The van der Waals surface area contributed by atoms with Gasteiger partial charge in [-0.2, -0.15) is 0 Å². The van der Waals surface area contributed by atoms with Gasteiger partial charge in [0.25, 0.3) is 0 Å². The number of oxazole rings is 1. The van der Waals surface area contributed by atoms with Gasteiger partial charge in [-0.15, -0.1) is 0 Å². The molecule has 11 aromatic rings. The van der Waals surface area contributed by atoms with Gasteiger partial charge in [-0.3, -0.25) is 0 Å². The maximum absolute atomic E-state index is 6.28. The van der Waals surface area contributed by atoms with Gasteiger partial charge < -0.3 is 18.3 Å². The third-order valence-corrected chi connectivity index (χ3v) is 10.2. The Labute approximate surface area is 298 Å². The summed E-state index contributed by atoms with van der Waals surface area (Å²) < 4.78 is 14.9. The number of furan rings is 1. The Kier molecular flexibility index (Phi) is 6.18. The van der Waals surface area contributed by atoms with Crippen LogP contribution in [0.3, 0.4) is 0 Å². The second-order valence-corrected chi connectivity index (χ2v) is 13.2. The zero-order chi connectivity index (χ0) is 34.2. The molecule has 0 radical (unpaired) electrons. The van der Waals surface area contributed by atoms with Crippen molar-refractivity contribution in [2.45, 2.75) is 0 Å². The molecule has 8 aromatic carbocycles. The van der Waals surface area contributed by atoms with Crippen LogP contribution in [0.15, 0.2) is 185 Å². The van der Waals surface area contributed by atoms with Crippen LogP contribution in [0, 0.1) is 0 Å². The Morgan fingerprint density at radius 3 is 1.85 bits per heavy atom. The Morgan fingerprint density at radius 2 is 1.06 bits per heavy atom. The van der Waals surface area contributed by atoms with E-state index in [1.165, 1.54) is 21.8 Å². The Morgan fingerprint density at radius 1 is 0.423 bits per heavy atom. The van der Waals surface area contributed by atoms with E-state index in [9.17, 15) is 0 Å². The monoisotopic (exact) mass is 667 g/mol. The third-order valence-electron chi connectivity index (χ3n) is 10.2. The van der Waals surface area contributed by atoms with E-state index in [1.807, 2.05) is 48.5 Å². The van der Waals surface area contributed by atoms with E-state index in [-0.39, 0.29) is 0 Å². The molecule has 5 heteroatoms. The fraction of sp³-hybridized carbons (Fsp3) is 0. The topological polar surface area (TPSA) is 47.3 Å². The Balaban J connectivity index is 1.12. The fourth-order valence-electron chi connectivity index (χ4n) is 7.86. The van der Waals surface area contributed by atoms with Gasteiger partial charge in [0.1, 0.15) is 16.7 Å². The molecule has 52 heavy (non-hydrogen) atoms. The summed E-state index contributed by atoms with van der Waals surface area (Å²) in [5.74, 6) is 0.614. The van der Waals surface area contributed by atoms with Gasteiger partial charge in [-0.1, -0.05) is 84.9 Å². The first-order valence-electron chi connectivity index (χ1n) is 17.5. The van der Waals surface area contributed by atoms with Crippen molar-refractivity contribution in [2.75, 3.05) is 4.90 Å². The maximum Gasteiger partial charge on any atom is 0.227 e. The summed E-state index contributed by atoms with van der Waals surface area (Å²) in [6.07, 6.45) is 0. The van der Waals surface area contributed by atoms with Gasteiger partial charge in [0.15, 0.2) is 5.58 Å². The Hall–Kier alpha value is -7.11. The lowest BCUT2D eigenvalue weighted by atomic mass is 10.0. The van der Waals surface area contributed by atoms with Crippen LogP contribution in [0.4, 0.5) is 17.1 Å². The quantitative estimate of drug-likeness (QED) is 0.183. The standard InChI is InChI=1S/C47H29N3O2/c1-2-11-30(12-3-1)47-48-46-38-16-10-19-40(36(38)26-28-45(46)52-47)49(33-25-27-44-39(29-33)37-15-6-9-20-43(37)51-44)31-21-23-32(24-22-31)50-41-17-7-4-13-34(41)35-14-5-8-18-42(35)50/h1-29H. The molecular weight excluding hydrogens is 639 g/mol. The first-order valence-corrected chi connectivity index (χ1v) is 17.5. The van der Waals surface area contributed by atoms with Crippen molar-refractivity contribution in [3.63, 3.8) is 0 Å². The minimum atomic E-state index is 0.614. The number of fused-ring (bicyclic) bond motifs is 9. The number of nitrogens with zero attached hydrogens (tertiary/aromatic N) is 3. The normalized spacial score (nSPS) is 11.8. The minimum absolute atomic E-state index is 0.614. The molecule has 0 unspecified atom stereocenters. The highest BCUT2D eigenvalue weighted by Crippen LogP contribution is 2.43. The molecule has 5 nitrogen and oxygen atoms in total. The van der Waals surface area contributed by atoms with Crippen LogP contribution < -0.4 is 4.90 Å². The van der Waals surface area contributed by atoms with Gasteiger partial charge >= 0.3 is 0 Å². The molecule has 0 aliphatic heterocycles. The second-order valence-electron chi connectivity index (χ2n) is 13.2. The number of benzene rings is 8. The number of hydrogen-bond donors (Lipinski definition) is 0. The predicted molar refractivity (Wildman–Crippen MR) is 213 cm³/mol. The molecule has 0 bridgehead atoms. The minimum Gasteiger partial charge on any atom is -0.456 e. The van der Waals surface area contributed by atoms with E-state index in [0.717, 1.165) is 72.1 Å². The van der Waals surface area contributed by atoms with Crippen LogP contribution in [-0.2, 0) is 0 Å². The van der Waals surface area contributed by atoms with Crippen LogP contribution >= 0.6 is 0 Å². The molecule has 3 heterocycles. The highest BCUT2D eigenvalue weighted by molar-refractivity contribution is 6.12. The summed E-state index contributed by atoms with van der Waals surface area (Å²) in [6, 6.07) is 61.5.